The summed E-state index contributed by atoms with van der Waals surface area (Å²) in [5.74, 6) is 0.468. The van der Waals surface area contributed by atoms with Gasteiger partial charge in [-0.05, 0) is 38.6 Å². The predicted molar refractivity (Wildman–Crippen MR) is 63.1 cm³/mol. The van der Waals surface area contributed by atoms with E-state index >= 15 is 0 Å². The van der Waals surface area contributed by atoms with Crippen molar-refractivity contribution in [3.8, 4) is 0 Å². The van der Waals surface area contributed by atoms with Gasteiger partial charge in [-0.3, -0.25) is 4.79 Å². The highest BCUT2D eigenvalue weighted by Crippen LogP contribution is 2.39. The minimum Gasteiger partial charge on any atom is -0.339 e. The van der Waals surface area contributed by atoms with Gasteiger partial charge in [-0.25, -0.2) is 0 Å². The molecule has 2 aliphatic heterocycles. The van der Waals surface area contributed by atoms with Crippen LogP contribution in [0.4, 0.5) is 0 Å². The molecule has 0 aromatic heterocycles. The lowest BCUT2D eigenvalue weighted by atomic mass is 9.78. The fourth-order valence-corrected chi connectivity index (χ4v) is 3.80. The number of carbonyl (C=O) groups excluding carboxylic acids is 1. The summed E-state index contributed by atoms with van der Waals surface area (Å²) >= 11 is 0. The molecular weight excluding hydrogens is 200 g/mol. The number of likely N-dealkylation sites (tertiary alicyclic amines) is 1. The molecular formula is C13H22N2O. The van der Waals surface area contributed by atoms with Gasteiger partial charge in [0.15, 0.2) is 0 Å². The summed E-state index contributed by atoms with van der Waals surface area (Å²) in [6, 6.07) is 0.574. The molecule has 2 heterocycles. The summed E-state index contributed by atoms with van der Waals surface area (Å²) in [6.45, 7) is 2.98. The van der Waals surface area contributed by atoms with E-state index in [1.54, 1.807) is 0 Å². The quantitative estimate of drug-likeness (QED) is 0.730. The van der Waals surface area contributed by atoms with Gasteiger partial charge in [0.2, 0.25) is 5.91 Å². The summed E-state index contributed by atoms with van der Waals surface area (Å²) in [6.07, 6.45) is 8.52. The van der Waals surface area contributed by atoms with Crippen LogP contribution in [-0.2, 0) is 4.79 Å². The van der Waals surface area contributed by atoms with Crippen molar-refractivity contribution in [3.63, 3.8) is 0 Å². The number of amides is 1. The number of rotatable bonds is 1. The molecule has 3 fully saturated rings. The van der Waals surface area contributed by atoms with Crippen LogP contribution in [0, 0.1) is 5.41 Å². The summed E-state index contributed by atoms with van der Waals surface area (Å²) in [4.78, 5) is 14.8. The van der Waals surface area contributed by atoms with Gasteiger partial charge in [-0.1, -0.05) is 12.8 Å². The van der Waals surface area contributed by atoms with E-state index in [1.807, 2.05) is 0 Å². The Morgan fingerprint density at radius 1 is 1.19 bits per heavy atom. The Bertz CT molecular complexity index is 278. The van der Waals surface area contributed by atoms with Crippen molar-refractivity contribution in [2.24, 2.45) is 5.41 Å². The molecule has 0 aromatic carbocycles. The molecule has 3 heteroatoms. The van der Waals surface area contributed by atoms with E-state index in [1.165, 1.54) is 32.1 Å². The first kappa shape index (κ1) is 10.6. The van der Waals surface area contributed by atoms with Crippen LogP contribution in [0.3, 0.4) is 0 Å². The molecule has 1 spiro atoms. The molecule has 3 nitrogen and oxygen atoms in total. The molecule has 1 aliphatic carbocycles. The van der Waals surface area contributed by atoms with Crippen molar-refractivity contribution in [3.05, 3.63) is 0 Å². The highest BCUT2D eigenvalue weighted by atomic mass is 16.2. The van der Waals surface area contributed by atoms with E-state index in [2.05, 4.69) is 10.2 Å². The Morgan fingerprint density at radius 3 is 2.69 bits per heavy atom. The predicted octanol–water partition coefficient (Wildman–Crippen LogP) is 1.53. The molecule has 0 radical (unpaired) electrons. The Labute approximate surface area is 97.6 Å². The van der Waals surface area contributed by atoms with Gasteiger partial charge >= 0.3 is 0 Å². The zero-order chi connectivity index (χ0) is 11.0. The van der Waals surface area contributed by atoms with Gasteiger partial charge in [-0.15, -0.1) is 0 Å². The van der Waals surface area contributed by atoms with E-state index in [-0.39, 0.29) is 5.41 Å². The second kappa shape index (κ2) is 4.02. The highest BCUT2D eigenvalue weighted by Gasteiger charge is 2.47. The van der Waals surface area contributed by atoms with Crippen LogP contribution in [-0.4, -0.2) is 36.5 Å². The van der Waals surface area contributed by atoms with Gasteiger partial charge in [0.25, 0.3) is 0 Å². The van der Waals surface area contributed by atoms with E-state index in [0.717, 1.165) is 32.5 Å². The lowest BCUT2D eigenvalue weighted by Gasteiger charge is -2.42. The van der Waals surface area contributed by atoms with Gasteiger partial charge in [-0.2, -0.15) is 0 Å². The number of hydrogen-bond acceptors (Lipinski definition) is 2. The van der Waals surface area contributed by atoms with Crippen molar-refractivity contribution in [1.82, 2.24) is 10.2 Å². The molecule has 0 aromatic rings. The number of nitrogens with zero attached hydrogens (tertiary/aromatic N) is 1. The second-order valence-electron chi connectivity index (χ2n) is 5.75. The average molecular weight is 222 g/mol. The lowest BCUT2D eigenvalue weighted by Crippen LogP contribution is -2.53. The first-order valence-electron chi connectivity index (χ1n) is 6.84. The maximum Gasteiger partial charge on any atom is 0.230 e. The average Bonchev–Trinajstić information content (AvgIpc) is 2.94. The number of hydrogen-bond donors (Lipinski definition) is 1. The first-order chi connectivity index (χ1) is 7.82. The molecule has 1 atom stereocenters. The summed E-state index contributed by atoms with van der Waals surface area (Å²) < 4.78 is 0. The minimum absolute atomic E-state index is 0.0131. The molecule has 1 amide bonds. The van der Waals surface area contributed by atoms with Crippen molar-refractivity contribution < 1.29 is 4.79 Å². The van der Waals surface area contributed by atoms with Crippen LogP contribution in [0.25, 0.3) is 0 Å². The molecule has 90 valence electrons. The van der Waals surface area contributed by atoms with E-state index in [9.17, 15) is 4.79 Å². The summed E-state index contributed by atoms with van der Waals surface area (Å²) in [5, 5.41) is 3.38. The van der Waals surface area contributed by atoms with Crippen LogP contribution < -0.4 is 5.32 Å². The normalized spacial score (nSPS) is 36.5. The standard InChI is InChI=1S/C13H22N2O/c16-12-13(7-8-14-10-13)6-3-9-15(12)11-4-1-2-5-11/h11,14H,1-10H2/t13-/m1/s1. The maximum absolute atomic E-state index is 12.6. The van der Waals surface area contributed by atoms with E-state index < -0.39 is 0 Å². The molecule has 16 heavy (non-hydrogen) atoms. The summed E-state index contributed by atoms with van der Waals surface area (Å²) in [7, 11) is 0. The SMILES string of the molecule is O=C1N(C2CCCC2)CCC[C@]12CCNC2. The molecule has 2 saturated heterocycles. The molecule has 0 unspecified atom stereocenters. The van der Waals surface area contributed by atoms with Crippen LogP contribution in [0.1, 0.15) is 44.9 Å². The lowest BCUT2D eigenvalue weighted by molar-refractivity contribution is -0.147. The zero-order valence-electron chi connectivity index (χ0n) is 10.0. The number of piperidine rings is 1. The Balaban J connectivity index is 1.77. The van der Waals surface area contributed by atoms with Crippen LogP contribution >= 0.6 is 0 Å². The Morgan fingerprint density at radius 2 is 2.00 bits per heavy atom. The molecule has 1 saturated carbocycles. The number of carbonyl (C=O) groups is 1. The fraction of sp³-hybridized carbons (Fsp3) is 0.923. The van der Waals surface area contributed by atoms with Crippen LogP contribution in [0.2, 0.25) is 0 Å². The molecule has 3 aliphatic rings. The van der Waals surface area contributed by atoms with E-state index in [0.29, 0.717) is 11.9 Å². The molecule has 3 rings (SSSR count). The second-order valence-corrected chi connectivity index (χ2v) is 5.75. The maximum atomic E-state index is 12.6. The third-order valence-electron chi connectivity index (χ3n) is 4.78. The first-order valence-corrected chi connectivity index (χ1v) is 6.84. The smallest absolute Gasteiger partial charge is 0.230 e. The molecule has 1 N–H and O–H groups in total. The topological polar surface area (TPSA) is 32.3 Å². The van der Waals surface area contributed by atoms with Gasteiger partial charge in [0.1, 0.15) is 0 Å². The largest absolute Gasteiger partial charge is 0.339 e. The third kappa shape index (κ3) is 1.56. The van der Waals surface area contributed by atoms with Crippen LogP contribution in [0.15, 0.2) is 0 Å². The van der Waals surface area contributed by atoms with Gasteiger partial charge in [0.05, 0.1) is 5.41 Å². The third-order valence-corrected chi connectivity index (χ3v) is 4.78. The van der Waals surface area contributed by atoms with Crippen molar-refractivity contribution in [2.75, 3.05) is 19.6 Å². The number of nitrogens with one attached hydrogen (secondary N) is 1. The summed E-state index contributed by atoms with van der Waals surface area (Å²) in [5.41, 5.74) is -0.0131. The Kier molecular flexibility index (Phi) is 2.66. The van der Waals surface area contributed by atoms with Gasteiger partial charge < -0.3 is 10.2 Å². The van der Waals surface area contributed by atoms with Crippen molar-refractivity contribution >= 4 is 5.91 Å². The molecule has 0 bridgehead atoms. The van der Waals surface area contributed by atoms with Crippen LogP contribution in [0.5, 0.6) is 0 Å². The van der Waals surface area contributed by atoms with Gasteiger partial charge in [0, 0.05) is 19.1 Å². The van der Waals surface area contributed by atoms with Crippen molar-refractivity contribution in [1.29, 1.82) is 0 Å². The monoisotopic (exact) mass is 222 g/mol. The minimum atomic E-state index is -0.0131. The fourth-order valence-electron chi connectivity index (χ4n) is 3.80. The highest BCUT2D eigenvalue weighted by molar-refractivity contribution is 5.84. The zero-order valence-corrected chi connectivity index (χ0v) is 10.0. The van der Waals surface area contributed by atoms with E-state index in [4.69, 9.17) is 0 Å². The van der Waals surface area contributed by atoms with Crippen molar-refractivity contribution in [2.45, 2.75) is 51.0 Å². The Hall–Kier alpha value is -0.570.